The Kier molecular flexibility index (Phi) is 5.61. The van der Waals surface area contributed by atoms with Crippen LogP contribution in [-0.4, -0.2) is 42.1 Å². The van der Waals surface area contributed by atoms with E-state index in [4.69, 9.17) is 14.3 Å². The second-order valence-electron chi connectivity index (χ2n) is 5.39. The van der Waals surface area contributed by atoms with E-state index in [-0.39, 0.29) is 13.2 Å². The molecule has 0 spiro atoms. The average Bonchev–Trinajstić information content (AvgIpc) is 2.86. The monoisotopic (exact) mass is 293 g/mol. The Hall–Kier alpha value is -1.56. The van der Waals surface area contributed by atoms with Crippen molar-refractivity contribution >= 4 is 11.0 Å². The van der Waals surface area contributed by atoms with Crippen molar-refractivity contribution in [3.63, 3.8) is 0 Å². The van der Waals surface area contributed by atoms with E-state index in [9.17, 15) is 5.11 Å². The number of ether oxygens (including phenoxy) is 1. The molecule has 0 saturated heterocycles. The number of hydrogen-bond acceptors (Lipinski definition) is 5. The number of para-hydroxylation sites is 1. The zero-order valence-electron chi connectivity index (χ0n) is 12.5. The van der Waals surface area contributed by atoms with Crippen LogP contribution in [0.15, 0.2) is 28.7 Å². The van der Waals surface area contributed by atoms with Gasteiger partial charge in [0, 0.05) is 24.4 Å². The zero-order chi connectivity index (χ0) is 15.2. The van der Waals surface area contributed by atoms with Gasteiger partial charge in [0.2, 0.25) is 0 Å². The molecule has 1 heterocycles. The number of furan rings is 1. The predicted molar refractivity (Wildman–Crippen MR) is 81.6 cm³/mol. The van der Waals surface area contributed by atoms with Gasteiger partial charge in [0.1, 0.15) is 18.5 Å². The summed E-state index contributed by atoms with van der Waals surface area (Å²) in [5.41, 5.74) is 0.657. The lowest BCUT2D eigenvalue weighted by Gasteiger charge is -2.15. The van der Waals surface area contributed by atoms with Crippen LogP contribution in [0.3, 0.4) is 0 Å². The van der Waals surface area contributed by atoms with Gasteiger partial charge in [-0.25, -0.2) is 0 Å². The molecule has 0 unspecified atom stereocenters. The number of benzene rings is 1. The second-order valence-corrected chi connectivity index (χ2v) is 5.39. The molecule has 1 atom stereocenters. The lowest BCUT2D eigenvalue weighted by molar-refractivity contribution is 0.105. The Bertz CT molecular complexity index is 564. The van der Waals surface area contributed by atoms with Crippen molar-refractivity contribution in [3.05, 3.63) is 30.0 Å². The third-order valence-electron chi connectivity index (χ3n) is 3.11. The fraction of sp³-hybridized carbons (Fsp3) is 0.500. The quantitative estimate of drug-likeness (QED) is 0.691. The minimum absolute atomic E-state index is 0.0512. The zero-order valence-corrected chi connectivity index (χ0v) is 12.5. The van der Waals surface area contributed by atoms with Crippen LogP contribution in [0.4, 0.5) is 0 Å². The molecule has 1 aromatic heterocycles. The van der Waals surface area contributed by atoms with Crippen LogP contribution in [0.1, 0.15) is 19.6 Å². The summed E-state index contributed by atoms with van der Waals surface area (Å²) in [6.07, 6.45) is -0.0933. The average molecular weight is 293 g/mol. The molecule has 0 amide bonds. The predicted octanol–water partition coefficient (Wildman–Crippen LogP) is 1.71. The van der Waals surface area contributed by atoms with Crippen LogP contribution in [0, 0.1) is 0 Å². The Labute approximate surface area is 124 Å². The summed E-state index contributed by atoms with van der Waals surface area (Å²) in [5.74, 6) is 1.34. The minimum atomic E-state index is -0.575. The summed E-state index contributed by atoms with van der Waals surface area (Å²) in [6, 6.07) is 7.86. The fourth-order valence-corrected chi connectivity index (χ4v) is 2.05. The van der Waals surface area contributed by atoms with Crippen molar-refractivity contribution in [3.8, 4) is 5.75 Å². The van der Waals surface area contributed by atoms with E-state index in [1.54, 1.807) is 0 Å². The standard InChI is InChI=1S/C16H23NO4/c1-11(2)17-9-13(19)10-20-15-5-3-4-12-8-14(6-7-18)21-16(12)15/h3-5,8,11,13,17-19H,6-7,9-10H2,1-2H3/t13-/m1/s1. The van der Waals surface area contributed by atoms with Crippen molar-refractivity contribution in [2.45, 2.75) is 32.4 Å². The van der Waals surface area contributed by atoms with Gasteiger partial charge < -0.3 is 24.7 Å². The third-order valence-corrected chi connectivity index (χ3v) is 3.11. The van der Waals surface area contributed by atoms with Gasteiger partial charge >= 0.3 is 0 Å². The number of aliphatic hydroxyl groups is 2. The van der Waals surface area contributed by atoms with Crippen molar-refractivity contribution in [1.82, 2.24) is 5.32 Å². The van der Waals surface area contributed by atoms with Gasteiger partial charge in [0.25, 0.3) is 0 Å². The number of nitrogens with one attached hydrogen (secondary N) is 1. The Morgan fingerprint density at radius 1 is 1.33 bits per heavy atom. The topological polar surface area (TPSA) is 74.9 Å². The maximum absolute atomic E-state index is 9.87. The van der Waals surface area contributed by atoms with Gasteiger partial charge in [0.05, 0.1) is 6.61 Å². The number of rotatable bonds is 8. The SMILES string of the molecule is CC(C)NC[C@@H](O)COc1cccc2cc(CCO)oc12. The van der Waals surface area contributed by atoms with Crippen LogP contribution in [0.5, 0.6) is 5.75 Å². The summed E-state index contributed by atoms with van der Waals surface area (Å²) < 4.78 is 11.3. The smallest absolute Gasteiger partial charge is 0.176 e. The first-order chi connectivity index (χ1) is 10.1. The summed E-state index contributed by atoms with van der Waals surface area (Å²) in [6.45, 7) is 4.80. The van der Waals surface area contributed by atoms with Crippen LogP contribution in [0.2, 0.25) is 0 Å². The van der Waals surface area contributed by atoms with Crippen LogP contribution < -0.4 is 10.1 Å². The van der Waals surface area contributed by atoms with Crippen LogP contribution in [0.25, 0.3) is 11.0 Å². The first-order valence-electron chi connectivity index (χ1n) is 7.26. The molecule has 0 bridgehead atoms. The summed E-state index contributed by atoms with van der Waals surface area (Å²) >= 11 is 0. The second kappa shape index (κ2) is 7.45. The lowest BCUT2D eigenvalue weighted by atomic mass is 10.2. The first kappa shape index (κ1) is 15.8. The van der Waals surface area contributed by atoms with Gasteiger partial charge in [-0.15, -0.1) is 0 Å². The van der Waals surface area contributed by atoms with Gasteiger partial charge in [-0.3, -0.25) is 0 Å². The molecule has 5 heteroatoms. The molecule has 0 aliphatic carbocycles. The molecule has 0 aliphatic heterocycles. The highest BCUT2D eigenvalue weighted by Crippen LogP contribution is 2.29. The van der Waals surface area contributed by atoms with Crippen LogP contribution >= 0.6 is 0 Å². The van der Waals surface area contributed by atoms with E-state index in [0.717, 1.165) is 11.1 Å². The van der Waals surface area contributed by atoms with Gasteiger partial charge in [-0.05, 0) is 12.1 Å². The molecular weight excluding hydrogens is 270 g/mol. The summed E-state index contributed by atoms with van der Waals surface area (Å²) in [5, 5.41) is 22.9. The molecule has 0 saturated carbocycles. The Morgan fingerprint density at radius 3 is 2.86 bits per heavy atom. The first-order valence-corrected chi connectivity index (χ1v) is 7.26. The highest BCUT2D eigenvalue weighted by molar-refractivity contribution is 5.83. The molecule has 5 nitrogen and oxygen atoms in total. The minimum Gasteiger partial charge on any atom is -0.487 e. The van der Waals surface area contributed by atoms with E-state index in [1.807, 2.05) is 38.1 Å². The Morgan fingerprint density at radius 2 is 2.14 bits per heavy atom. The van der Waals surface area contributed by atoms with Gasteiger partial charge in [-0.2, -0.15) is 0 Å². The van der Waals surface area contributed by atoms with Crippen LogP contribution in [-0.2, 0) is 6.42 Å². The maximum atomic E-state index is 9.87. The molecule has 116 valence electrons. The molecule has 0 aliphatic rings. The molecule has 21 heavy (non-hydrogen) atoms. The Balaban J connectivity index is 2.01. The van der Waals surface area contributed by atoms with E-state index < -0.39 is 6.10 Å². The molecule has 2 aromatic rings. The summed E-state index contributed by atoms with van der Waals surface area (Å²) in [4.78, 5) is 0. The number of fused-ring (bicyclic) bond motifs is 1. The number of aliphatic hydroxyl groups excluding tert-OH is 2. The van der Waals surface area contributed by atoms with E-state index >= 15 is 0 Å². The van der Waals surface area contributed by atoms with Crippen molar-refractivity contribution in [1.29, 1.82) is 0 Å². The van der Waals surface area contributed by atoms with Crippen molar-refractivity contribution < 1.29 is 19.4 Å². The van der Waals surface area contributed by atoms with E-state index in [0.29, 0.717) is 30.3 Å². The van der Waals surface area contributed by atoms with E-state index in [2.05, 4.69) is 5.32 Å². The normalized spacial score (nSPS) is 13.0. The molecule has 0 radical (unpaired) electrons. The summed E-state index contributed by atoms with van der Waals surface area (Å²) in [7, 11) is 0. The van der Waals surface area contributed by atoms with E-state index in [1.165, 1.54) is 0 Å². The van der Waals surface area contributed by atoms with Gasteiger partial charge in [-0.1, -0.05) is 26.0 Å². The van der Waals surface area contributed by atoms with Gasteiger partial charge in [0.15, 0.2) is 11.3 Å². The highest BCUT2D eigenvalue weighted by atomic mass is 16.5. The molecule has 1 aromatic carbocycles. The van der Waals surface area contributed by atoms with Crippen molar-refractivity contribution in [2.75, 3.05) is 19.8 Å². The lowest BCUT2D eigenvalue weighted by Crippen LogP contribution is -2.35. The largest absolute Gasteiger partial charge is 0.487 e. The molecule has 0 fully saturated rings. The molecule has 3 N–H and O–H groups in total. The third kappa shape index (κ3) is 4.46. The van der Waals surface area contributed by atoms with Crippen molar-refractivity contribution in [2.24, 2.45) is 0 Å². The maximum Gasteiger partial charge on any atom is 0.176 e. The fourth-order valence-electron chi connectivity index (χ4n) is 2.05. The molecular formula is C16H23NO4. The highest BCUT2D eigenvalue weighted by Gasteiger charge is 2.11. The molecule has 2 rings (SSSR count). The number of hydrogen-bond donors (Lipinski definition) is 3.